The van der Waals surface area contributed by atoms with Gasteiger partial charge in [-0.25, -0.2) is 5.01 Å². The maximum absolute atomic E-state index is 11.8. The Morgan fingerprint density at radius 2 is 2.05 bits per heavy atom. The molecule has 0 saturated heterocycles. The van der Waals surface area contributed by atoms with E-state index in [2.05, 4.69) is 36.9 Å². The van der Waals surface area contributed by atoms with Crippen molar-refractivity contribution < 1.29 is 14.4 Å². The van der Waals surface area contributed by atoms with Crippen LogP contribution in [0.25, 0.3) is 0 Å². The first kappa shape index (κ1) is 14.3. The molecule has 1 aromatic rings. The van der Waals surface area contributed by atoms with Crippen molar-refractivity contribution in [3.8, 4) is 0 Å². The van der Waals surface area contributed by atoms with E-state index in [-0.39, 0.29) is 24.5 Å². The van der Waals surface area contributed by atoms with E-state index in [4.69, 9.17) is 0 Å². The largest absolute Gasteiger partial charge is 0.356 e. The molecular formula is C11H12BrN5O3. The molecule has 9 heteroatoms. The van der Waals surface area contributed by atoms with Crippen molar-refractivity contribution in [2.45, 2.75) is 12.8 Å². The van der Waals surface area contributed by atoms with Gasteiger partial charge < -0.3 is 4.98 Å². The van der Waals surface area contributed by atoms with Gasteiger partial charge in [-0.15, -0.1) is 0 Å². The number of halogens is 1. The molecule has 0 saturated carbocycles. The number of hydrogen-bond acceptors (Lipinski definition) is 4. The molecule has 0 aliphatic carbocycles. The lowest BCUT2D eigenvalue weighted by atomic mass is 10.1. The van der Waals surface area contributed by atoms with E-state index in [0.29, 0.717) is 5.69 Å². The molecular weight excluding hydrogens is 330 g/mol. The van der Waals surface area contributed by atoms with Gasteiger partial charge >= 0.3 is 0 Å². The fourth-order valence-corrected chi connectivity index (χ4v) is 1.93. The molecule has 2 rings (SSSR count). The van der Waals surface area contributed by atoms with Crippen LogP contribution in [-0.2, 0) is 9.59 Å². The van der Waals surface area contributed by atoms with Crippen LogP contribution in [0, 0.1) is 0 Å². The first-order valence-corrected chi connectivity index (χ1v) is 6.55. The van der Waals surface area contributed by atoms with Crippen molar-refractivity contribution in [3.63, 3.8) is 0 Å². The second kappa shape index (κ2) is 5.87. The predicted octanol–water partition coefficient (Wildman–Crippen LogP) is 0.146. The zero-order valence-corrected chi connectivity index (χ0v) is 12.2. The van der Waals surface area contributed by atoms with Crippen molar-refractivity contribution in [3.05, 3.63) is 22.4 Å². The average Bonchev–Trinajstić information content (AvgIpc) is 2.85. The van der Waals surface area contributed by atoms with Crippen LogP contribution in [-0.4, -0.2) is 40.5 Å². The van der Waals surface area contributed by atoms with E-state index < -0.39 is 11.8 Å². The summed E-state index contributed by atoms with van der Waals surface area (Å²) in [5, 5.41) is 4.95. The van der Waals surface area contributed by atoms with Crippen LogP contribution < -0.4 is 10.9 Å². The third-order valence-electron chi connectivity index (χ3n) is 2.65. The second-order valence-corrected chi connectivity index (χ2v) is 5.02. The topological polar surface area (TPSA) is 107 Å². The monoisotopic (exact) mass is 341 g/mol. The third-order valence-corrected chi connectivity index (χ3v) is 3.11. The van der Waals surface area contributed by atoms with Crippen molar-refractivity contribution in [1.82, 2.24) is 20.8 Å². The highest BCUT2D eigenvalue weighted by atomic mass is 79.9. The van der Waals surface area contributed by atoms with Crippen LogP contribution in [0.15, 0.2) is 21.8 Å². The molecule has 20 heavy (non-hydrogen) atoms. The Hall–Kier alpha value is -2.16. The van der Waals surface area contributed by atoms with Crippen LogP contribution in [0.1, 0.15) is 23.3 Å². The number of carbonyl (C=O) groups is 3. The highest BCUT2D eigenvalue weighted by molar-refractivity contribution is 9.10. The van der Waals surface area contributed by atoms with Crippen LogP contribution in [0.3, 0.4) is 0 Å². The van der Waals surface area contributed by atoms with Crippen LogP contribution in [0.2, 0.25) is 0 Å². The summed E-state index contributed by atoms with van der Waals surface area (Å²) in [6.07, 6.45) is 2.07. The Morgan fingerprint density at radius 1 is 1.35 bits per heavy atom. The lowest BCUT2D eigenvalue weighted by molar-refractivity contribution is -0.130. The lowest BCUT2D eigenvalue weighted by Gasteiger charge is -2.18. The van der Waals surface area contributed by atoms with Gasteiger partial charge in [0.1, 0.15) is 11.4 Å². The summed E-state index contributed by atoms with van der Waals surface area (Å²) in [6, 6.07) is 1.58. The highest BCUT2D eigenvalue weighted by Gasteiger charge is 2.22. The van der Waals surface area contributed by atoms with E-state index in [0.717, 1.165) is 9.48 Å². The summed E-state index contributed by atoms with van der Waals surface area (Å²) in [6.45, 7) is 0. The van der Waals surface area contributed by atoms with Crippen LogP contribution in [0.5, 0.6) is 0 Å². The number of carbonyl (C=O) groups excluding carboxylic acids is 3. The Bertz CT molecular complexity index is 595. The molecule has 0 bridgehead atoms. The number of hydrazone groups is 1. The summed E-state index contributed by atoms with van der Waals surface area (Å²) >= 11 is 3.20. The van der Waals surface area contributed by atoms with E-state index in [9.17, 15) is 14.4 Å². The molecule has 1 aliphatic rings. The van der Waals surface area contributed by atoms with Gasteiger partial charge in [0.2, 0.25) is 5.91 Å². The number of nitrogens with zero attached hydrogens (tertiary/aromatic N) is 2. The van der Waals surface area contributed by atoms with E-state index >= 15 is 0 Å². The minimum Gasteiger partial charge on any atom is -0.356 e. The van der Waals surface area contributed by atoms with Crippen LogP contribution in [0.4, 0.5) is 0 Å². The number of H-pyrrole nitrogens is 1. The average molecular weight is 342 g/mol. The number of aromatic amines is 1. The number of aromatic nitrogens is 1. The minimum atomic E-state index is -0.539. The van der Waals surface area contributed by atoms with Gasteiger partial charge in [0.25, 0.3) is 11.8 Å². The van der Waals surface area contributed by atoms with Crippen molar-refractivity contribution >= 4 is 39.4 Å². The summed E-state index contributed by atoms with van der Waals surface area (Å²) in [5.74, 6) is -1.17. The van der Waals surface area contributed by atoms with Gasteiger partial charge in [-0.1, -0.05) is 0 Å². The summed E-state index contributed by atoms with van der Waals surface area (Å²) in [5.41, 5.74) is 5.01. The molecule has 0 fully saturated rings. The number of rotatable bonds is 2. The fraction of sp³-hybridized carbons (Fsp3) is 0.273. The summed E-state index contributed by atoms with van der Waals surface area (Å²) in [4.78, 5) is 37.4. The molecule has 1 aliphatic heterocycles. The quantitative estimate of drug-likeness (QED) is 0.666. The minimum absolute atomic E-state index is 0.151. The number of hydrazine groups is 1. The molecule has 0 unspecified atom stereocenters. The zero-order chi connectivity index (χ0) is 14.7. The molecule has 3 N–H and O–H groups in total. The Balaban J connectivity index is 1.91. The molecule has 8 nitrogen and oxygen atoms in total. The van der Waals surface area contributed by atoms with Gasteiger partial charge in [0, 0.05) is 30.6 Å². The SMILES string of the molecule is CN1N=C(C(=O)NNC(=O)c2cc(Br)c[nH]2)CCC1=O. The molecule has 0 spiro atoms. The maximum atomic E-state index is 11.8. The van der Waals surface area contributed by atoms with E-state index in [1.807, 2.05) is 0 Å². The second-order valence-electron chi connectivity index (χ2n) is 4.10. The Kier molecular flexibility index (Phi) is 4.18. The third kappa shape index (κ3) is 3.23. The number of hydrogen-bond donors (Lipinski definition) is 3. The summed E-state index contributed by atoms with van der Waals surface area (Å²) in [7, 11) is 1.48. The lowest BCUT2D eigenvalue weighted by Crippen LogP contribution is -2.46. The van der Waals surface area contributed by atoms with Gasteiger partial charge in [-0.2, -0.15) is 5.10 Å². The maximum Gasteiger partial charge on any atom is 0.286 e. The first-order valence-electron chi connectivity index (χ1n) is 5.76. The van der Waals surface area contributed by atoms with Crippen molar-refractivity contribution in [2.24, 2.45) is 5.10 Å². The van der Waals surface area contributed by atoms with Gasteiger partial charge in [-0.05, 0) is 22.0 Å². The summed E-state index contributed by atoms with van der Waals surface area (Å²) < 4.78 is 0.728. The standard InChI is InChI=1S/C11H12BrN5O3/c1-17-9(18)3-2-7(16-17)10(19)14-15-11(20)8-4-6(12)5-13-8/h4-5,13H,2-3H2,1H3,(H,14,19)(H,15,20). The normalized spacial score (nSPS) is 14.8. The Morgan fingerprint density at radius 3 is 2.65 bits per heavy atom. The Labute approximate surface area is 122 Å². The molecule has 0 radical (unpaired) electrons. The van der Waals surface area contributed by atoms with Crippen molar-refractivity contribution in [2.75, 3.05) is 7.05 Å². The number of amides is 3. The molecule has 106 valence electrons. The highest BCUT2D eigenvalue weighted by Crippen LogP contribution is 2.10. The van der Waals surface area contributed by atoms with Gasteiger partial charge in [0.15, 0.2) is 0 Å². The molecule has 0 atom stereocenters. The first-order chi connectivity index (χ1) is 9.47. The molecule has 0 aromatic carbocycles. The molecule has 2 heterocycles. The molecule has 1 aromatic heterocycles. The van der Waals surface area contributed by atoms with Gasteiger partial charge in [-0.3, -0.25) is 25.2 Å². The molecule has 3 amide bonds. The number of nitrogens with one attached hydrogen (secondary N) is 3. The smallest absolute Gasteiger partial charge is 0.286 e. The fourth-order valence-electron chi connectivity index (χ4n) is 1.58. The van der Waals surface area contributed by atoms with Gasteiger partial charge in [0.05, 0.1) is 0 Å². The van der Waals surface area contributed by atoms with E-state index in [1.54, 1.807) is 12.3 Å². The van der Waals surface area contributed by atoms with Crippen molar-refractivity contribution in [1.29, 1.82) is 0 Å². The zero-order valence-electron chi connectivity index (χ0n) is 10.6. The predicted molar refractivity (Wildman–Crippen MR) is 73.5 cm³/mol. The van der Waals surface area contributed by atoms with Crippen LogP contribution >= 0.6 is 15.9 Å². The van der Waals surface area contributed by atoms with E-state index in [1.165, 1.54) is 7.05 Å².